The Morgan fingerprint density at radius 1 is 1.35 bits per heavy atom. The fraction of sp³-hybridized carbons (Fsp3) is 0.381. The van der Waals surface area contributed by atoms with E-state index < -0.39 is 0 Å². The van der Waals surface area contributed by atoms with Crippen molar-refractivity contribution >= 4 is 27.3 Å². The second-order valence-corrected chi connectivity index (χ2v) is 8.17. The minimum atomic E-state index is 0.0722. The van der Waals surface area contributed by atoms with E-state index in [0.717, 1.165) is 51.4 Å². The Balaban J connectivity index is 1.88. The van der Waals surface area contributed by atoms with Crippen LogP contribution in [0, 0.1) is 24.7 Å². The normalized spacial score (nSPS) is 16.8. The van der Waals surface area contributed by atoms with Crippen molar-refractivity contribution in [1.29, 1.82) is 0 Å². The number of nitrogens with one attached hydrogen (secondary N) is 1. The predicted molar refractivity (Wildman–Crippen MR) is 108 cm³/mol. The van der Waals surface area contributed by atoms with E-state index in [1.165, 1.54) is 0 Å². The summed E-state index contributed by atoms with van der Waals surface area (Å²) in [5.74, 6) is 4.35. The molecule has 0 bridgehead atoms. The molecular formula is C21H23BrN2O2. The lowest BCUT2D eigenvalue weighted by Crippen LogP contribution is -2.27. The third-order valence-electron chi connectivity index (χ3n) is 4.53. The molecule has 3 rings (SSSR count). The molecule has 26 heavy (non-hydrogen) atoms. The van der Waals surface area contributed by atoms with Gasteiger partial charge in [0.25, 0.3) is 0 Å². The number of halogens is 1. The molecule has 1 heterocycles. The molecule has 0 atom stereocenters. The molecular weight excluding hydrogens is 392 g/mol. The number of rotatable bonds is 5. The van der Waals surface area contributed by atoms with Gasteiger partial charge in [-0.2, -0.15) is 0 Å². The minimum Gasteiger partial charge on any atom is -0.463 e. The molecule has 0 radical (unpaired) electrons. The first kappa shape index (κ1) is 18.6. The number of furan rings is 1. The number of para-hydroxylation sites is 1. The molecule has 2 aromatic rings. The van der Waals surface area contributed by atoms with Crippen LogP contribution >= 0.6 is 15.9 Å². The first-order valence-electron chi connectivity index (χ1n) is 8.63. The molecule has 0 aliphatic heterocycles. The van der Waals surface area contributed by atoms with Gasteiger partial charge in [0, 0.05) is 27.7 Å². The molecule has 1 aromatic heterocycles. The minimum absolute atomic E-state index is 0.0722. The number of terminal acetylenes is 1. The fourth-order valence-corrected chi connectivity index (χ4v) is 3.76. The SMILES string of the molecule is C#CCO/N=C1\CC(C)(C)Cc2oc(CNc3ccccc3Br)c(C)c21. The van der Waals surface area contributed by atoms with Crippen molar-refractivity contribution < 1.29 is 9.25 Å². The summed E-state index contributed by atoms with van der Waals surface area (Å²) >= 11 is 3.56. The van der Waals surface area contributed by atoms with Crippen LogP contribution in [0.25, 0.3) is 0 Å². The quantitative estimate of drug-likeness (QED) is 0.410. The Kier molecular flexibility index (Phi) is 5.43. The number of hydrogen-bond acceptors (Lipinski definition) is 4. The summed E-state index contributed by atoms with van der Waals surface area (Å²) in [6, 6.07) is 8.04. The van der Waals surface area contributed by atoms with Crippen LogP contribution < -0.4 is 5.32 Å². The zero-order valence-electron chi connectivity index (χ0n) is 15.4. The highest BCUT2D eigenvalue weighted by Crippen LogP contribution is 2.39. The van der Waals surface area contributed by atoms with E-state index in [1.807, 2.05) is 24.3 Å². The van der Waals surface area contributed by atoms with Crippen molar-refractivity contribution in [1.82, 2.24) is 0 Å². The van der Waals surface area contributed by atoms with Gasteiger partial charge in [-0.25, -0.2) is 0 Å². The summed E-state index contributed by atoms with van der Waals surface area (Å²) in [7, 11) is 0. The highest BCUT2D eigenvalue weighted by Gasteiger charge is 2.35. The Morgan fingerprint density at radius 3 is 2.85 bits per heavy atom. The van der Waals surface area contributed by atoms with Gasteiger partial charge in [-0.05, 0) is 46.8 Å². The molecule has 1 aliphatic rings. The third kappa shape index (κ3) is 3.96. The summed E-state index contributed by atoms with van der Waals surface area (Å²) < 4.78 is 7.24. The van der Waals surface area contributed by atoms with Gasteiger partial charge in [0.1, 0.15) is 11.5 Å². The molecule has 0 saturated heterocycles. The molecule has 0 spiro atoms. The average Bonchev–Trinajstić information content (AvgIpc) is 2.89. The number of hydrogen-bond donors (Lipinski definition) is 1. The van der Waals surface area contributed by atoms with Crippen LogP contribution in [0.3, 0.4) is 0 Å². The molecule has 0 amide bonds. The molecule has 0 fully saturated rings. The lowest BCUT2D eigenvalue weighted by atomic mass is 9.75. The van der Waals surface area contributed by atoms with Gasteiger partial charge in [0.05, 0.1) is 12.3 Å². The van der Waals surface area contributed by atoms with Gasteiger partial charge in [0.2, 0.25) is 0 Å². The second-order valence-electron chi connectivity index (χ2n) is 7.32. The molecule has 1 aromatic carbocycles. The van der Waals surface area contributed by atoms with Gasteiger partial charge in [-0.3, -0.25) is 0 Å². The Hall–Kier alpha value is -2.19. The number of benzene rings is 1. The molecule has 136 valence electrons. The third-order valence-corrected chi connectivity index (χ3v) is 5.22. The molecule has 0 saturated carbocycles. The van der Waals surface area contributed by atoms with E-state index in [2.05, 4.69) is 53.1 Å². The second kappa shape index (κ2) is 7.59. The molecule has 5 heteroatoms. The van der Waals surface area contributed by atoms with Gasteiger partial charge in [0.15, 0.2) is 6.61 Å². The van der Waals surface area contributed by atoms with Gasteiger partial charge in [-0.1, -0.05) is 37.1 Å². The van der Waals surface area contributed by atoms with Gasteiger partial charge in [-0.15, -0.1) is 6.42 Å². The summed E-state index contributed by atoms with van der Waals surface area (Å²) in [6.45, 7) is 7.29. The lowest BCUT2D eigenvalue weighted by Gasteiger charge is -2.29. The van der Waals surface area contributed by atoms with E-state index in [4.69, 9.17) is 15.7 Å². The molecule has 1 aliphatic carbocycles. The fourth-order valence-electron chi connectivity index (χ4n) is 3.34. The Labute approximate surface area is 163 Å². The first-order valence-corrected chi connectivity index (χ1v) is 9.43. The summed E-state index contributed by atoms with van der Waals surface area (Å²) in [4.78, 5) is 5.27. The van der Waals surface area contributed by atoms with Crippen molar-refractivity contribution in [3.05, 3.63) is 51.4 Å². The molecule has 0 unspecified atom stereocenters. The Bertz CT molecular complexity index is 875. The first-order chi connectivity index (χ1) is 12.4. The van der Waals surface area contributed by atoms with Crippen LogP contribution in [0.4, 0.5) is 5.69 Å². The van der Waals surface area contributed by atoms with Crippen LogP contribution in [0.1, 0.15) is 42.9 Å². The number of fused-ring (bicyclic) bond motifs is 1. The van der Waals surface area contributed by atoms with Crippen molar-refractivity contribution in [2.45, 2.75) is 40.2 Å². The van der Waals surface area contributed by atoms with Crippen molar-refractivity contribution in [3.63, 3.8) is 0 Å². The van der Waals surface area contributed by atoms with Crippen LogP contribution in [0.5, 0.6) is 0 Å². The highest BCUT2D eigenvalue weighted by molar-refractivity contribution is 9.10. The summed E-state index contributed by atoms with van der Waals surface area (Å²) in [6.07, 6.45) is 6.97. The zero-order chi connectivity index (χ0) is 18.7. The largest absolute Gasteiger partial charge is 0.463 e. The van der Waals surface area contributed by atoms with Crippen LogP contribution in [-0.4, -0.2) is 12.3 Å². The maximum atomic E-state index is 6.22. The predicted octanol–water partition coefficient (Wildman–Crippen LogP) is 5.29. The summed E-state index contributed by atoms with van der Waals surface area (Å²) in [5, 5.41) is 7.73. The monoisotopic (exact) mass is 414 g/mol. The average molecular weight is 415 g/mol. The van der Waals surface area contributed by atoms with E-state index in [0.29, 0.717) is 6.54 Å². The van der Waals surface area contributed by atoms with E-state index in [1.54, 1.807) is 0 Å². The standard InChI is InChI=1S/C21H23BrN2O2/c1-5-10-25-24-17-11-21(3,4)12-18-20(17)14(2)19(26-18)13-23-16-9-7-6-8-15(16)22/h1,6-9,23H,10-13H2,2-4H3/b24-17+. The van der Waals surface area contributed by atoms with E-state index >= 15 is 0 Å². The molecule has 4 nitrogen and oxygen atoms in total. The highest BCUT2D eigenvalue weighted by atomic mass is 79.9. The summed E-state index contributed by atoms with van der Waals surface area (Å²) in [5.41, 5.74) is 4.21. The number of nitrogens with zero attached hydrogens (tertiary/aromatic N) is 1. The van der Waals surface area contributed by atoms with E-state index in [9.17, 15) is 0 Å². The van der Waals surface area contributed by atoms with Gasteiger partial charge >= 0.3 is 0 Å². The van der Waals surface area contributed by atoms with Crippen LogP contribution in [-0.2, 0) is 17.8 Å². The topological polar surface area (TPSA) is 46.8 Å². The zero-order valence-corrected chi connectivity index (χ0v) is 16.9. The van der Waals surface area contributed by atoms with Crippen LogP contribution in [0.15, 0.2) is 38.3 Å². The maximum Gasteiger partial charge on any atom is 0.177 e. The smallest absolute Gasteiger partial charge is 0.177 e. The number of anilines is 1. The van der Waals surface area contributed by atoms with E-state index in [-0.39, 0.29) is 12.0 Å². The van der Waals surface area contributed by atoms with Crippen molar-refractivity contribution in [2.75, 3.05) is 11.9 Å². The van der Waals surface area contributed by atoms with Crippen LogP contribution in [0.2, 0.25) is 0 Å². The lowest BCUT2D eigenvalue weighted by molar-refractivity contribution is 0.176. The Morgan fingerprint density at radius 2 is 2.12 bits per heavy atom. The molecule has 1 N–H and O–H groups in total. The maximum absolute atomic E-state index is 6.22. The number of oxime groups is 1. The van der Waals surface area contributed by atoms with Crippen molar-refractivity contribution in [3.8, 4) is 12.3 Å². The van der Waals surface area contributed by atoms with Gasteiger partial charge < -0.3 is 14.6 Å². The van der Waals surface area contributed by atoms with Crippen molar-refractivity contribution in [2.24, 2.45) is 10.6 Å².